The van der Waals surface area contributed by atoms with Crippen molar-refractivity contribution >= 4 is 22.5 Å². The van der Waals surface area contributed by atoms with E-state index in [2.05, 4.69) is 15.2 Å². The van der Waals surface area contributed by atoms with Crippen LogP contribution in [0.3, 0.4) is 0 Å². The summed E-state index contributed by atoms with van der Waals surface area (Å²) in [5.41, 5.74) is 2.46. The van der Waals surface area contributed by atoms with Crippen LogP contribution in [0.4, 0.5) is 0 Å². The van der Waals surface area contributed by atoms with Crippen LogP contribution in [0, 0.1) is 0 Å². The summed E-state index contributed by atoms with van der Waals surface area (Å²) in [6.07, 6.45) is 3.22. The number of hydrogen-bond donors (Lipinski definition) is 1. The van der Waals surface area contributed by atoms with Gasteiger partial charge in [0.2, 0.25) is 0 Å². The Morgan fingerprint density at radius 2 is 2.12 bits per heavy atom. The molecule has 3 heterocycles. The highest BCUT2D eigenvalue weighted by Crippen LogP contribution is 2.23. The molecule has 0 saturated heterocycles. The number of aromatic amines is 1. The summed E-state index contributed by atoms with van der Waals surface area (Å²) in [5, 5.41) is 8.04. The van der Waals surface area contributed by atoms with Gasteiger partial charge >= 0.3 is 5.97 Å². The van der Waals surface area contributed by atoms with Crippen molar-refractivity contribution in [3.8, 4) is 11.3 Å². The van der Waals surface area contributed by atoms with Crippen LogP contribution in [0.15, 0.2) is 41.5 Å². The minimum atomic E-state index is -0.519. The molecule has 4 rings (SSSR count). The number of benzene rings is 1. The van der Waals surface area contributed by atoms with Gasteiger partial charge in [-0.25, -0.2) is 14.3 Å². The van der Waals surface area contributed by atoms with E-state index in [1.807, 2.05) is 29.8 Å². The van der Waals surface area contributed by atoms with Crippen molar-refractivity contribution in [3.63, 3.8) is 0 Å². The Morgan fingerprint density at radius 1 is 1.27 bits per heavy atom. The highest BCUT2D eigenvalue weighted by atomic mass is 16.5. The summed E-state index contributed by atoms with van der Waals surface area (Å²) >= 11 is 0. The predicted molar refractivity (Wildman–Crippen MR) is 96.2 cm³/mol. The molecule has 0 spiro atoms. The van der Waals surface area contributed by atoms with E-state index in [-0.39, 0.29) is 23.4 Å². The first-order valence-electron chi connectivity index (χ1n) is 8.36. The molecule has 0 amide bonds. The average Bonchev–Trinajstić information content (AvgIpc) is 3.25. The Morgan fingerprint density at radius 3 is 2.88 bits per heavy atom. The van der Waals surface area contributed by atoms with Gasteiger partial charge in [-0.3, -0.25) is 14.6 Å². The molecule has 0 aliphatic heterocycles. The third-order valence-electron chi connectivity index (χ3n) is 4.23. The molecule has 0 aliphatic carbocycles. The van der Waals surface area contributed by atoms with E-state index in [0.717, 1.165) is 23.0 Å². The summed E-state index contributed by atoms with van der Waals surface area (Å²) in [7, 11) is 0. The fourth-order valence-corrected chi connectivity index (χ4v) is 2.99. The summed E-state index contributed by atoms with van der Waals surface area (Å²) in [5.74, 6) is -0.519. The smallest absolute Gasteiger partial charge is 0.343 e. The first kappa shape index (κ1) is 16.1. The maximum Gasteiger partial charge on any atom is 0.343 e. The molecule has 0 atom stereocenters. The molecular formula is C18H17N5O3. The molecule has 0 unspecified atom stereocenters. The molecule has 132 valence electrons. The van der Waals surface area contributed by atoms with E-state index in [9.17, 15) is 9.59 Å². The number of esters is 1. The highest BCUT2D eigenvalue weighted by molar-refractivity contribution is 5.96. The SMILES string of the molecule is CCOC(=O)c1c[nH]n2c(=O)cc(-c3ccc4c(cnn4CC)c3)nc12. The summed E-state index contributed by atoms with van der Waals surface area (Å²) in [6.45, 7) is 4.78. The fourth-order valence-electron chi connectivity index (χ4n) is 2.99. The molecular weight excluding hydrogens is 334 g/mol. The van der Waals surface area contributed by atoms with Gasteiger partial charge in [0, 0.05) is 29.8 Å². The Bertz CT molecular complexity index is 1180. The second-order valence-electron chi connectivity index (χ2n) is 5.78. The van der Waals surface area contributed by atoms with Crippen molar-refractivity contribution in [1.29, 1.82) is 0 Å². The van der Waals surface area contributed by atoms with Gasteiger partial charge < -0.3 is 4.74 Å². The molecule has 0 aliphatic rings. The van der Waals surface area contributed by atoms with Gasteiger partial charge in [-0.05, 0) is 26.0 Å². The van der Waals surface area contributed by atoms with Gasteiger partial charge in [-0.15, -0.1) is 0 Å². The van der Waals surface area contributed by atoms with Gasteiger partial charge in [0.25, 0.3) is 5.56 Å². The van der Waals surface area contributed by atoms with E-state index in [1.54, 1.807) is 13.1 Å². The number of rotatable bonds is 4. The second-order valence-corrected chi connectivity index (χ2v) is 5.78. The van der Waals surface area contributed by atoms with Crippen molar-refractivity contribution in [2.24, 2.45) is 0 Å². The van der Waals surface area contributed by atoms with E-state index in [1.165, 1.54) is 16.8 Å². The first-order valence-corrected chi connectivity index (χ1v) is 8.36. The van der Waals surface area contributed by atoms with E-state index < -0.39 is 5.97 Å². The number of carbonyl (C=O) groups is 1. The topological polar surface area (TPSA) is 94.3 Å². The second kappa shape index (κ2) is 6.14. The number of fused-ring (bicyclic) bond motifs is 2. The molecule has 0 saturated carbocycles. The predicted octanol–water partition coefficient (Wildman–Crippen LogP) is 2.24. The number of aromatic nitrogens is 5. The molecule has 4 aromatic rings. The summed E-state index contributed by atoms with van der Waals surface area (Å²) < 4.78 is 8.15. The Balaban J connectivity index is 1.87. The number of nitrogens with zero attached hydrogens (tertiary/aromatic N) is 4. The summed E-state index contributed by atoms with van der Waals surface area (Å²) in [4.78, 5) is 29.0. The van der Waals surface area contributed by atoms with Crippen molar-refractivity contribution in [1.82, 2.24) is 24.4 Å². The lowest BCUT2D eigenvalue weighted by Crippen LogP contribution is -2.15. The largest absolute Gasteiger partial charge is 0.462 e. The van der Waals surface area contributed by atoms with Crippen molar-refractivity contribution in [3.05, 3.63) is 52.6 Å². The van der Waals surface area contributed by atoms with Crippen LogP contribution in [0.25, 0.3) is 27.8 Å². The fraction of sp³-hybridized carbons (Fsp3) is 0.222. The molecule has 1 N–H and O–H groups in total. The maximum atomic E-state index is 12.4. The lowest BCUT2D eigenvalue weighted by Gasteiger charge is -2.04. The van der Waals surface area contributed by atoms with Crippen LogP contribution >= 0.6 is 0 Å². The number of ether oxygens (including phenoxy) is 1. The lowest BCUT2D eigenvalue weighted by atomic mass is 10.1. The molecule has 3 aromatic heterocycles. The van der Waals surface area contributed by atoms with Gasteiger partial charge in [0.05, 0.1) is 24.0 Å². The standard InChI is InChI=1S/C18H17N5O3/c1-3-22-15-6-5-11(7-12(15)9-19-22)14-8-16(24)23-17(21-14)13(10-20-23)18(25)26-4-2/h5-10,20H,3-4H2,1-2H3. The zero-order valence-corrected chi connectivity index (χ0v) is 14.4. The van der Waals surface area contributed by atoms with Crippen LogP contribution in [0.5, 0.6) is 0 Å². The van der Waals surface area contributed by atoms with Crippen molar-refractivity contribution in [2.45, 2.75) is 20.4 Å². The molecule has 8 heteroatoms. The maximum absolute atomic E-state index is 12.4. The van der Waals surface area contributed by atoms with E-state index >= 15 is 0 Å². The minimum absolute atomic E-state index is 0.227. The van der Waals surface area contributed by atoms with Crippen LogP contribution in [-0.2, 0) is 11.3 Å². The van der Waals surface area contributed by atoms with Gasteiger partial charge in [0.15, 0.2) is 5.65 Å². The zero-order chi connectivity index (χ0) is 18.3. The lowest BCUT2D eigenvalue weighted by molar-refractivity contribution is 0.0528. The molecule has 1 aromatic carbocycles. The number of aryl methyl sites for hydroxylation is 1. The minimum Gasteiger partial charge on any atom is -0.462 e. The molecule has 0 bridgehead atoms. The Hall–Kier alpha value is -3.42. The van der Waals surface area contributed by atoms with Crippen LogP contribution in [0.2, 0.25) is 0 Å². The monoisotopic (exact) mass is 351 g/mol. The normalized spacial score (nSPS) is 11.3. The van der Waals surface area contributed by atoms with Crippen LogP contribution in [0.1, 0.15) is 24.2 Å². The highest BCUT2D eigenvalue weighted by Gasteiger charge is 2.17. The third-order valence-corrected chi connectivity index (χ3v) is 4.23. The molecule has 0 radical (unpaired) electrons. The Labute approximate surface area is 148 Å². The van der Waals surface area contributed by atoms with E-state index in [0.29, 0.717) is 5.69 Å². The van der Waals surface area contributed by atoms with Gasteiger partial charge in [-0.2, -0.15) is 5.10 Å². The first-order chi connectivity index (χ1) is 12.6. The Kier molecular flexibility index (Phi) is 3.80. The van der Waals surface area contributed by atoms with Gasteiger partial charge in [-0.1, -0.05) is 6.07 Å². The molecule has 8 nitrogen and oxygen atoms in total. The molecule has 0 fully saturated rings. The summed E-state index contributed by atoms with van der Waals surface area (Å²) in [6, 6.07) is 7.21. The average molecular weight is 351 g/mol. The quantitative estimate of drug-likeness (QED) is 0.569. The van der Waals surface area contributed by atoms with E-state index in [4.69, 9.17) is 4.74 Å². The molecule has 26 heavy (non-hydrogen) atoms. The number of hydrogen-bond acceptors (Lipinski definition) is 5. The van der Waals surface area contributed by atoms with Gasteiger partial charge in [0.1, 0.15) is 5.56 Å². The van der Waals surface area contributed by atoms with Crippen molar-refractivity contribution < 1.29 is 9.53 Å². The zero-order valence-electron chi connectivity index (χ0n) is 14.4. The number of H-pyrrole nitrogens is 1. The number of carbonyl (C=O) groups excluding carboxylic acids is 1. The van der Waals surface area contributed by atoms with Crippen molar-refractivity contribution in [2.75, 3.05) is 6.61 Å². The third kappa shape index (κ3) is 2.46. The van der Waals surface area contributed by atoms with Crippen LogP contribution < -0.4 is 5.56 Å². The number of nitrogens with one attached hydrogen (secondary N) is 1. The van der Waals surface area contributed by atoms with Crippen LogP contribution in [-0.4, -0.2) is 37.0 Å².